The maximum Gasteiger partial charge on any atom is 0.229 e. The highest BCUT2D eigenvalue weighted by atomic mass is 16.5. The number of nitrogens with two attached hydrogens (primary N) is 1. The zero-order chi connectivity index (χ0) is 10.3. The van der Waals surface area contributed by atoms with E-state index in [4.69, 9.17) is 10.3 Å². The molecule has 0 atom stereocenters. The summed E-state index contributed by atoms with van der Waals surface area (Å²) >= 11 is 0. The lowest BCUT2D eigenvalue weighted by Crippen LogP contribution is -2.02. The van der Waals surface area contributed by atoms with Crippen molar-refractivity contribution in [2.75, 3.05) is 5.73 Å². The van der Waals surface area contributed by atoms with Gasteiger partial charge in [-0.2, -0.15) is 4.98 Å². The van der Waals surface area contributed by atoms with Gasteiger partial charge in [0.25, 0.3) is 0 Å². The average Bonchev–Trinajstić information content (AvgIpc) is 2.84. The normalized spacial score (nSPS) is 15.7. The van der Waals surface area contributed by atoms with Crippen molar-refractivity contribution in [2.24, 2.45) is 0 Å². The minimum Gasteiger partial charge on any atom is -0.381 e. The van der Waals surface area contributed by atoms with Crippen molar-refractivity contribution < 1.29 is 4.52 Å². The van der Waals surface area contributed by atoms with Crippen LogP contribution in [0.1, 0.15) is 30.5 Å². The van der Waals surface area contributed by atoms with E-state index in [1.807, 2.05) is 0 Å². The Kier molecular flexibility index (Phi) is 1.70. The van der Waals surface area contributed by atoms with Gasteiger partial charge in [-0.1, -0.05) is 10.4 Å². The van der Waals surface area contributed by atoms with Gasteiger partial charge in [-0.05, 0) is 12.8 Å². The maximum atomic E-state index is 5.44. The molecule has 0 saturated heterocycles. The van der Waals surface area contributed by atoms with Crippen molar-refractivity contribution in [3.05, 3.63) is 17.9 Å². The molecule has 0 radical (unpaired) electrons. The lowest BCUT2D eigenvalue weighted by molar-refractivity contribution is 0.372. The summed E-state index contributed by atoms with van der Waals surface area (Å²) in [5.74, 6) is 2.22. The van der Waals surface area contributed by atoms with Crippen LogP contribution in [0.15, 0.2) is 10.7 Å². The third-order valence-corrected chi connectivity index (χ3v) is 2.27. The van der Waals surface area contributed by atoms with Crippen LogP contribution in [0, 0.1) is 0 Å². The van der Waals surface area contributed by atoms with E-state index in [-0.39, 0.29) is 0 Å². The minimum absolute atomic E-state index is 0.390. The van der Waals surface area contributed by atoms with E-state index in [1.54, 1.807) is 10.9 Å². The Morgan fingerprint density at radius 2 is 2.40 bits per heavy atom. The van der Waals surface area contributed by atoms with Gasteiger partial charge in [0.05, 0.1) is 6.20 Å². The lowest BCUT2D eigenvalue weighted by Gasteiger charge is -1.91. The van der Waals surface area contributed by atoms with Crippen LogP contribution in [-0.2, 0) is 6.54 Å². The van der Waals surface area contributed by atoms with Crippen molar-refractivity contribution in [2.45, 2.75) is 25.3 Å². The highest BCUT2D eigenvalue weighted by Crippen LogP contribution is 2.38. The zero-order valence-electron chi connectivity index (χ0n) is 8.00. The molecule has 2 N–H and O–H groups in total. The molecular weight excluding hydrogens is 196 g/mol. The fourth-order valence-electron chi connectivity index (χ4n) is 1.36. The van der Waals surface area contributed by atoms with Gasteiger partial charge in [0.15, 0.2) is 11.6 Å². The van der Waals surface area contributed by atoms with Gasteiger partial charge in [-0.15, -0.1) is 5.10 Å². The molecule has 0 spiro atoms. The Bertz CT molecular complexity index is 471. The van der Waals surface area contributed by atoms with Crippen molar-refractivity contribution in [1.29, 1.82) is 0 Å². The molecule has 15 heavy (non-hydrogen) atoms. The summed E-state index contributed by atoms with van der Waals surface area (Å²) < 4.78 is 6.69. The molecule has 78 valence electrons. The summed E-state index contributed by atoms with van der Waals surface area (Å²) in [5, 5.41) is 11.3. The largest absolute Gasteiger partial charge is 0.381 e. The van der Waals surface area contributed by atoms with Gasteiger partial charge in [-0.3, -0.25) is 0 Å². The van der Waals surface area contributed by atoms with Crippen LogP contribution in [0.2, 0.25) is 0 Å². The Morgan fingerprint density at radius 1 is 1.53 bits per heavy atom. The highest BCUT2D eigenvalue weighted by Gasteiger charge is 2.29. The molecule has 7 heteroatoms. The number of anilines is 1. The first-order chi connectivity index (χ1) is 7.31. The van der Waals surface area contributed by atoms with E-state index >= 15 is 0 Å². The van der Waals surface area contributed by atoms with Crippen LogP contribution < -0.4 is 5.73 Å². The molecule has 1 aliphatic rings. The first kappa shape index (κ1) is 8.39. The summed E-state index contributed by atoms with van der Waals surface area (Å²) in [4.78, 5) is 4.27. The van der Waals surface area contributed by atoms with Crippen LogP contribution >= 0.6 is 0 Å². The predicted molar refractivity (Wildman–Crippen MR) is 49.8 cm³/mol. The predicted octanol–water partition coefficient (Wildman–Crippen LogP) is 0.169. The molecule has 2 aromatic rings. The summed E-state index contributed by atoms with van der Waals surface area (Å²) in [6.45, 7) is 0.445. The molecule has 1 saturated carbocycles. The Balaban J connectivity index is 1.75. The highest BCUT2D eigenvalue weighted by molar-refractivity contribution is 5.20. The monoisotopic (exact) mass is 206 g/mol. The van der Waals surface area contributed by atoms with E-state index in [0.29, 0.717) is 24.1 Å². The molecule has 2 aromatic heterocycles. The van der Waals surface area contributed by atoms with Gasteiger partial charge in [-0.25, -0.2) is 4.68 Å². The molecule has 0 bridgehead atoms. The number of hydrogen-bond acceptors (Lipinski definition) is 6. The Labute approximate surface area is 85.3 Å². The van der Waals surface area contributed by atoms with Crippen molar-refractivity contribution in [1.82, 2.24) is 25.1 Å². The molecule has 0 aliphatic heterocycles. The summed E-state index contributed by atoms with van der Waals surface area (Å²) in [5.41, 5.74) is 5.44. The summed E-state index contributed by atoms with van der Waals surface area (Å²) in [7, 11) is 0. The van der Waals surface area contributed by atoms with Crippen LogP contribution in [0.25, 0.3) is 0 Å². The quantitative estimate of drug-likeness (QED) is 0.768. The third kappa shape index (κ3) is 1.67. The molecular formula is C8H10N6O. The maximum absolute atomic E-state index is 5.44. The molecule has 1 fully saturated rings. The van der Waals surface area contributed by atoms with Crippen molar-refractivity contribution >= 4 is 5.82 Å². The third-order valence-electron chi connectivity index (χ3n) is 2.27. The molecule has 2 heterocycles. The van der Waals surface area contributed by atoms with Gasteiger partial charge in [0.2, 0.25) is 5.89 Å². The second kappa shape index (κ2) is 3.04. The topological polar surface area (TPSA) is 95.7 Å². The minimum atomic E-state index is 0.390. The van der Waals surface area contributed by atoms with Crippen LogP contribution in [-0.4, -0.2) is 25.1 Å². The van der Waals surface area contributed by atoms with Gasteiger partial charge in [0.1, 0.15) is 6.54 Å². The Hall–Kier alpha value is -1.92. The molecule has 3 rings (SSSR count). The van der Waals surface area contributed by atoms with Crippen LogP contribution in [0.3, 0.4) is 0 Å². The summed E-state index contributed by atoms with van der Waals surface area (Å²) in [6.07, 6.45) is 3.93. The van der Waals surface area contributed by atoms with E-state index < -0.39 is 0 Å². The molecule has 0 aromatic carbocycles. The Morgan fingerprint density at radius 3 is 3.07 bits per heavy atom. The first-order valence-electron chi connectivity index (χ1n) is 4.79. The van der Waals surface area contributed by atoms with Crippen LogP contribution in [0.4, 0.5) is 5.82 Å². The second-order valence-electron chi connectivity index (χ2n) is 3.66. The fraction of sp³-hybridized carbons (Fsp3) is 0.500. The lowest BCUT2D eigenvalue weighted by atomic mass is 10.4. The second-order valence-corrected chi connectivity index (χ2v) is 3.66. The smallest absolute Gasteiger partial charge is 0.229 e. The van der Waals surface area contributed by atoms with E-state index in [2.05, 4.69) is 20.5 Å². The summed E-state index contributed by atoms with van der Waals surface area (Å²) in [6, 6.07) is 0. The van der Waals surface area contributed by atoms with Gasteiger partial charge >= 0.3 is 0 Å². The van der Waals surface area contributed by atoms with E-state index in [1.165, 1.54) is 0 Å². The van der Waals surface area contributed by atoms with E-state index in [0.717, 1.165) is 18.7 Å². The zero-order valence-corrected chi connectivity index (χ0v) is 8.00. The number of nitrogen functional groups attached to an aromatic ring is 1. The average molecular weight is 206 g/mol. The van der Waals surface area contributed by atoms with Gasteiger partial charge < -0.3 is 10.3 Å². The molecule has 0 unspecified atom stereocenters. The SMILES string of the molecule is Nc1cn(Cc2noc(C3CC3)n2)nn1. The molecule has 1 aliphatic carbocycles. The number of rotatable bonds is 3. The van der Waals surface area contributed by atoms with Crippen molar-refractivity contribution in [3.63, 3.8) is 0 Å². The molecule has 7 nitrogen and oxygen atoms in total. The number of hydrogen-bond donors (Lipinski definition) is 1. The van der Waals surface area contributed by atoms with Gasteiger partial charge in [0, 0.05) is 5.92 Å². The number of nitrogens with zero attached hydrogens (tertiary/aromatic N) is 5. The number of aromatic nitrogens is 5. The standard InChI is InChI=1S/C8H10N6O/c9-6-3-14(13-11-6)4-7-10-8(15-12-7)5-1-2-5/h3,5H,1-2,4,9H2. The van der Waals surface area contributed by atoms with E-state index in [9.17, 15) is 0 Å². The van der Waals surface area contributed by atoms with Crippen molar-refractivity contribution in [3.8, 4) is 0 Å². The fourth-order valence-corrected chi connectivity index (χ4v) is 1.36. The van der Waals surface area contributed by atoms with Crippen LogP contribution in [0.5, 0.6) is 0 Å². The first-order valence-corrected chi connectivity index (χ1v) is 4.79. The molecule has 0 amide bonds.